The van der Waals surface area contributed by atoms with Crippen molar-refractivity contribution in [2.24, 2.45) is 0 Å². The summed E-state index contributed by atoms with van der Waals surface area (Å²) >= 11 is 0. The fraction of sp³-hybridized carbons (Fsp3) is 0.350. The third-order valence-electron chi connectivity index (χ3n) is 5.13. The lowest BCUT2D eigenvalue weighted by Gasteiger charge is -2.36. The fourth-order valence-electron chi connectivity index (χ4n) is 3.61. The normalized spacial score (nSPS) is 15.6. The van der Waals surface area contributed by atoms with E-state index in [0.717, 1.165) is 37.3 Å². The van der Waals surface area contributed by atoms with Crippen LogP contribution in [-0.4, -0.2) is 45.1 Å². The number of aromatic nitrogens is 4. The summed E-state index contributed by atoms with van der Waals surface area (Å²) in [5, 5.41) is 15.4. The van der Waals surface area contributed by atoms with Crippen LogP contribution in [0.3, 0.4) is 0 Å². The van der Waals surface area contributed by atoms with Crippen LogP contribution in [0.15, 0.2) is 61.1 Å². The molecule has 0 spiro atoms. The quantitative estimate of drug-likeness (QED) is 0.662. The average molecular weight is 401 g/mol. The van der Waals surface area contributed by atoms with Crippen LogP contribution in [0.25, 0.3) is 5.69 Å². The lowest BCUT2D eigenvalue weighted by molar-refractivity contribution is -0.131. The first-order valence-corrected chi connectivity index (χ1v) is 9.37. The summed E-state index contributed by atoms with van der Waals surface area (Å²) in [6.45, 7) is 2.19. The minimum absolute atomic E-state index is 0. The van der Waals surface area contributed by atoms with E-state index in [1.807, 2.05) is 64.2 Å². The van der Waals surface area contributed by atoms with Crippen molar-refractivity contribution in [3.05, 3.63) is 66.7 Å². The van der Waals surface area contributed by atoms with E-state index in [0.29, 0.717) is 13.0 Å². The van der Waals surface area contributed by atoms with Gasteiger partial charge in [-0.1, -0.05) is 18.2 Å². The van der Waals surface area contributed by atoms with Crippen LogP contribution in [0.2, 0.25) is 0 Å². The number of hydrogen-bond acceptors (Lipinski definition) is 4. The standard InChI is InChI=1S/C20H24N6O.ClH/c27-19(20(9-13-21-14-10-20)26-15-4-11-23-26)22-12-7-17-8-16-25(24-17)18-5-2-1-3-6-18;/h1-6,8,11,15-16,21H,7,9-10,12-14H2,(H,22,27);1H. The van der Waals surface area contributed by atoms with Crippen LogP contribution in [0, 0.1) is 0 Å². The zero-order valence-corrected chi connectivity index (χ0v) is 16.4. The number of nitrogens with zero attached hydrogens (tertiary/aromatic N) is 4. The second-order valence-electron chi connectivity index (χ2n) is 6.83. The van der Waals surface area contributed by atoms with Gasteiger partial charge in [0.15, 0.2) is 0 Å². The van der Waals surface area contributed by atoms with Crippen molar-refractivity contribution in [1.82, 2.24) is 30.2 Å². The molecule has 1 aliphatic rings. The number of amides is 1. The molecule has 148 valence electrons. The first-order chi connectivity index (χ1) is 13.3. The number of rotatable bonds is 6. The molecule has 1 saturated heterocycles. The molecule has 4 rings (SSSR count). The Morgan fingerprint density at radius 2 is 1.89 bits per heavy atom. The van der Waals surface area contributed by atoms with Crippen LogP contribution >= 0.6 is 12.4 Å². The fourth-order valence-corrected chi connectivity index (χ4v) is 3.61. The molecule has 1 aromatic carbocycles. The first-order valence-electron chi connectivity index (χ1n) is 9.37. The molecule has 28 heavy (non-hydrogen) atoms. The third-order valence-corrected chi connectivity index (χ3v) is 5.13. The van der Waals surface area contributed by atoms with Gasteiger partial charge in [0.1, 0.15) is 5.54 Å². The Morgan fingerprint density at radius 3 is 2.61 bits per heavy atom. The molecule has 0 unspecified atom stereocenters. The maximum Gasteiger partial charge on any atom is 0.248 e. The summed E-state index contributed by atoms with van der Waals surface area (Å²) < 4.78 is 3.67. The molecular weight excluding hydrogens is 376 g/mol. The van der Waals surface area contributed by atoms with E-state index in [-0.39, 0.29) is 18.3 Å². The predicted molar refractivity (Wildman–Crippen MR) is 110 cm³/mol. The molecule has 0 radical (unpaired) electrons. The number of nitrogens with one attached hydrogen (secondary N) is 2. The summed E-state index contributed by atoms with van der Waals surface area (Å²) in [6.07, 6.45) is 7.73. The van der Waals surface area contributed by atoms with E-state index in [4.69, 9.17) is 0 Å². The third kappa shape index (κ3) is 4.10. The molecule has 1 aliphatic heterocycles. The summed E-state index contributed by atoms with van der Waals surface area (Å²) in [4.78, 5) is 13.0. The largest absolute Gasteiger partial charge is 0.354 e. The Labute approximate surface area is 170 Å². The van der Waals surface area contributed by atoms with Gasteiger partial charge in [0.25, 0.3) is 0 Å². The van der Waals surface area contributed by atoms with Crippen LogP contribution in [-0.2, 0) is 16.8 Å². The van der Waals surface area contributed by atoms with Crippen molar-refractivity contribution in [3.8, 4) is 5.69 Å². The number of piperidine rings is 1. The lowest BCUT2D eigenvalue weighted by Crippen LogP contribution is -2.54. The van der Waals surface area contributed by atoms with E-state index in [9.17, 15) is 4.79 Å². The Hall–Kier alpha value is -2.64. The highest BCUT2D eigenvalue weighted by molar-refractivity contribution is 5.85. The molecule has 0 saturated carbocycles. The Kier molecular flexibility index (Phi) is 6.49. The number of hydrogen-bond donors (Lipinski definition) is 2. The summed E-state index contributed by atoms with van der Waals surface area (Å²) in [5.41, 5.74) is 1.38. The summed E-state index contributed by atoms with van der Waals surface area (Å²) in [6, 6.07) is 13.9. The van der Waals surface area contributed by atoms with E-state index in [2.05, 4.69) is 20.8 Å². The van der Waals surface area contributed by atoms with Crippen molar-refractivity contribution < 1.29 is 4.79 Å². The maximum absolute atomic E-state index is 13.0. The molecule has 8 heteroatoms. The van der Waals surface area contributed by atoms with E-state index >= 15 is 0 Å². The summed E-state index contributed by atoms with van der Waals surface area (Å²) in [5.74, 6) is 0.0372. The van der Waals surface area contributed by atoms with Gasteiger partial charge >= 0.3 is 0 Å². The van der Waals surface area contributed by atoms with Crippen molar-refractivity contribution in [2.45, 2.75) is 24.8 Å². The lowest BCUT2D eigenvalue weighted by atomic mass is 9.87. The first kappa shape index (κ1) is 20.1. The highest BCUT2D eigenvalue weighted by Gasteiger charge is 2.41. The summed E-state index contributed by atoms with van der Waals surface area (Å²) in [7, 11) is 0. The molecule has 3 aromatic rings. The molecule has 1 fully saturated rings. The zero-order valence-electron chi connectivity index (χ0n) is 15.6. The van der Waals surface area contributed by atoms with E-state index in [1.54, 1.807) is 6.20 Å². The number of para-hydroxylation sites is 1. The minimum atomic E-state index is -0.599. The van der Waals surface area contributed by atoms with Gasteiger partial charge in [0.05, 0.1) is 11.4 Å². The average Bonchev–Trinajstić information content (AvgIpc) is 3.42. The van der Waals surface area contributed by atoms with Gasteiger partial charge in [-0.25, -0.2) is 4.68 Å². The van der Waals surface area contributed by atoms with E-state index in [1.165, 1.54) is 0 Å². The molecule has 0 bridgehead atoms. The van der Waals surface area contributed by atoms with Crippen LogP contribution in [0.1, 0.15) is 18.5 Å². The van der Waals surface area contributed by atoms with Gasteiger partial charge in [0.2, 0.25) is 5.91 Å². The second kappa shape index (κ2) is 9.03. The zero-order chi connectivity index (χ0) is 18.5. The van der Waals surface area contributed by atoms with Crippen molar-refractivity contribution in [2.75, 3.05) is 19.6 Å². The van der Waals surface area contributed by atoms with Crippen LogP contribution < -0.4 is 10.6 Å². The Balaban J connectivity index is 0.00000225. The topological polar surface area (TPSA) is 76.8 Å². The maximum atomic E-state index is 13.0. The number of carbonyl (C=O) groups is 1. The second-order valence-corrected chi connectivity index (χ2v) is 6.83. The van der Waals surface area contributed by atoms with Crippen molar-refractivity contribution in [1.29, 1.82) is 0 Å². The molecule has 1 amide bonds. The van der Waals surface area contributed by atoms with Gasteiger partial charge in [-0.3, -0.25) is 9.48 Å². The van der Waals surface area contributed by atoms with Gasteiger partial charge in [0, 0.05) is 31.6 Å². The highest BCUT2D eigenvalue weighted by Crippen LogP contribution is 2.27. The predicted octanol–water partition coefficient (Wildman–Crippen LogP) is 1.93. The number of carbonyl (C=O) groups excluding carboxylic acids is 1. The van der Waals surface area contributed by atoms with Gasteiger partial charge < -0.3 is 10.6 Å². The highest BCUT2D eigenvalue weighted by atomic mass is 35.5. The molecule has 0 atom stereocenters. The van der Waals surface area contributed by atoms with Gasteiger partial charge in [-0.15, -0.1) is 12.4 Å². The smallest absolute Gasteiger partial charge is 0.248 e. The Morgan fingerprint density at radius 1 is 1.11 bits per heavy atom. The van der Waals surface area contributed by atoms with Crippen LogP contribution in [0.4, 0.5) is 0 Å². The number of benzene rings is 1. The van der Waals surface area contributed by atoms with Crippen molar-refractivity contribution in [3.63, 3.8) is 0 Å². The molecule has 7 nitrogen and oxygen atoms in total. The minimum Gasteiger partial charge on any atom is -0.354 e. The molecule has 3 heterocycles. The van der Waals surface area contributed by atoms with Crippen molar-refractivity contribution >= 4 is 18.3 Å². The SMILES string of the molecule is Cl.O=C(NCCc1ccn(-c2ccccc2)n1)C1(n2cccn2)CCNCC1. The molecule has 2 N–H and O–H groups in total. The Bertz CT molecular complexity index is 871. The number of halogens is 1. The molecule has 0 aliphatic carbocycles. The molecule has 2 aromatic heterocycles. The van der Waals surface area contributed by atoms with Gasteiger partial charge in [-0.2, -0.15) is 10.2 Å². The monoisotopic (exact) mass is 400 g/mol. The van der Waals surface area contributed by atoms with Gasteiger partial charge in [-0.05, 0) is 50.2 Å². The van der Waals surface area contributed by atoms with E-state index < -0.39 is 5.54 Å². The molecular formula is C20H25ClN6O. The van der Waals surface area contributed by atoms with Crippen LogP contribution in [0.5, 0.6) is 0 Å².